The van der Waals surface area contributed by atoms with Crippen LogP contribution in [0.3, 0.4) is 0 Å². The van der Waals surface area contributed by atoms with Gasteiger partial charge in [-0.15, -0.1) is 0 Å². The van der Waals surface area contributed by atoms with Crippen molar-refractivity contribution in [1.29, 1.82) is 0 Å². The summed E-state index contributed by atoms with van der Waals surface area (Å²) in [4.78, 5) is 0. The number of ether oxygens (including phenoxy) is 1. The van der Waals surface area contributed by atoms with Gasteiger partial charge in [0.2, 0.25) is 0 Å². The fourth-order valence-electron chi connectivity index (χ4n) is 1.97. The quantitative estimate of drug-likeness (QED) is 0.885. The van der Waals surface area contributed by atoms with Crippen molar-refractivity contribution in [2.45, 2.75) is 26.1 Å². The summed E-state index contributed by atoms with van der Waals surface area (Å²) >= 11 is 0. The Kier molecular flexibility index (Phi) is 4.68. The van der Waals surface area contributed by atoms with Crippen LogP contribution in [-0.2, 0) is 13.6 Å². The molecule has 0 fully saturated rings. The summed E-state index contributed by atoms with van der Waals surface area (Å²) in [6.07, 6.45) is 1.75. The molecule has 0 aliphatic carbocycles. The maximum atomic E-state index is 12.0. The zero-order valence-electron chi connectivity index (χ0n) is 11.4. The van der Waals surface area contributed by atoms with E-state index in [1.165, 1.54) is 12.1 Å². The Balaban J connectivity index is 1.89. The summed E-state index contributed by atoms with van der Waals surface area (Å²) in [5.41, 5.74) is 2.09. The zero-order chi connectivity index (χ0) is 14.5. The molecular formula is C14H17F2N3O. The molecular weight excluding hydrogens is 264 g/mol. The molecule has 0 bridgehead atoms. The van der Waals surface area contributed by atoms with Crippen molar-refractivity contribution < 1.29 is 13.5 Å². The number of hydrogen-bond acceptors (Lipinski definition) is 3. The van der Waals surface area contributed by atoms with Crippen LogP contribution < -0.4 is 10.1 Å². The van der Waals surface area contributed by atoms with E-state index in [4.69, 9.17) is 0 Å². The highest BCUT2D eigenvalue weighted by Gasteiger charge is 2.09. The Morgan fingerprint density at radius 2 is 1.95 bits per heavy atom. The minimum absolute atomic E-state index is 0.152. The van der Waals surface area contributed by atoms with Gasteiger partial charge in [0, 0.05) is 25.8 Å². The second kappa shape index (κ2) is 6.47. The second-order valence-electron chi connectivity index (χ2n) is 4.50. The van der Waals surface area contributed by atoms with Crippen molar-refractivity contribution >= 4 is 0 Å². The number of halogens is 2. The smallest absolute Gasteiger partial charge is 0.387 e. The molecule has 1 aromatic carbocycles. The van der Waals surface area contributed by atoms with Gasteiger partial charge in [0.05, 0.1) is 5.69 Å². The normalized spacial score (nSPS) is 12.7. The van der Waals surface area contributed by atoms with Crippen LogP contribution in [-0.4, -0.2) is 16.4 Å². The number of aryl methyl sites for hydroxylation is 1. The van der Waals surface area contributed by atoms with E-state index in [1.807, 2.05) is 24.7 Å². The lowest BCUT2D eigenvalue weighted by Crippen LogP contribution is -2.20. The first-order valence-electron chi connectivity index (χ1n) is 6.31. The molecule has 0 aliphatic rings. The van der Waals surface area contributed by atoms with Gasteiger partial charge < -0.3 is 10.1 Å². The van der Waals surface area contributed by atoms with Crippen LogP contribution in [0.25, 0.3) is 0 Å². The van der Waals surface area contributed by atoms with E-state index >= 15 is 0 Å². The van der Waals surface area contributed by atoms with E-state index in [0.29, 0.717) is 6.54 Å². The monoisotopic (exact) mass is 281 g/mol. The summed E-state index contributed by atoms with van der Waals surface area (Å²) in [7, 11) is 1.89. The standard InChI is InChI=1S/C14H17F2N3O/c1-10(13-7-8-18-19(13)2)17-9-11-3-5-12(6-4-11)20-14(15)16/h3-8,10,14,17H,9H2,1-2H3. The van der Waals surface area contributed by atoms with Gasteiger partial charge in [-0.3, -0.25) is 4.68 Å². The Morgan fingerprint density at radius 3 is 2.50 bits per heavy atom. The minimum Gasteiger partial charge on any atom is -0.435 e. The van der Waals surface area contributed by atoms with E-state index in [9.17, 15) is 8.78 Å². The number of alkyl halides is 2. The van der Waals surface area contributed by atoms with Crippen LogP contribution in [0.4, 0.5) is 8.78 Å². The molecule has 1 heterocycles. The lowest BCUT2D eigenvalue weighted by Gasteiger charge is -2.14. The Labute approximate surface area is 116 Å². The first kappa shape index (κ1) is 14.5. The van der Waals surface area contributed by atoms with Crippen molar-refractivity contribution in [3.05, 3.63) is 47.8 Å². The molecule has 0 saturated heterocycles. The lowest BCUT2D eigenvalue weighted by atomic mass is 10.2. The Morgan fingerprint density at radius 1 is 1.25 bits per heavy atom. The van der Waals surface area contributed by atoms with E-state index in [-0.39, 0.29) is 11.8 Å². The molecule has 108 valence electrons. The maximum absolute atomic E-state index is 12.0. The summed E-state index contributed by atoms with van der Waals surface area (Å²) in [5, 5.41) is 7.47. The molecule has 6 heteroatoms. The molecule has 0 radical (unpaired) electrons. The fourth-order valence-corrected chi connectivity index (χ4v) is 1.97. The highest BCUT2D eigenvalue weighted by molar-refractivity contribution is 5.27. The predicted octanol–water partition coefficient (Wildman–Crippen LogP) is 2.87. The highest BCUT2D eigenvalue weighted by atomic mass is 19.3. The highest BCUT2D eigenvalue weighted by Crippen LogP contribution is 2.16. The number of nitrogens with one attached hydrogen (secondary N) is 1. The van der Waals surface area contributed by atoms with Crippen molar-refractivity contribution in [3.8, 4) is 5.75 Å². The van der Waals surface area contributed by atoms with E-state index in [1.54, 1.807) is 18.3 Å². The molecule has 1 N–H and O–H groups in total. The van der Waals surface area contributed by atoms with Gasteiger partial charge in [0.1, 0.15) is 5.75 Å². The third kappa shape index (κ3) is 3.77. The summed E-state index contributed by atoms with van der Waals surface area (Å²) in [5.74, 6) is 0.170. The molecule has 0 saturated carbocycles. The Bertz CT molecular complexity index is 540. The number of nitrogens with zero attached hydrogens (tertiary/aromatic N) is 2. The molecule has 1 atom stereocenters. The van der Waals surface area contributed by atoms with Crippen LogP contribution in [0, 0.1) is 0 Å². The molecule has 0 spiro atoms. The molecule has 1 unspecified atom stereocenters. The molecule has 1 aromatic heterocycles. The maximum Gasteiger partial charge on any atom is 0.387 e. The van der Waals surface area contributed by atoms with Crippen LogP contribution >= 0.6 is 0 Å². The topological polar surface area (TPSA) is 39.1 Å². The van der Waals surface area contributed by atoms with Crippen molar-refractivity contribution in [1.82, 2.24) is 15.1 Å². The predicted molar refractivity (Wildman–Crippen MR) is 71.5 cm³/mol. The zero-order valence-corrected chi connectivity index (χ0v) is 11.4. The van der Waals surface area contributed by atoms with E-state index in [2.05, 4.69) is 15.2 Å². The number of benzene rings is 1. The van der Waals surface area contributed by atoms with Crippen molar-refractivity contribution in [3.63, 3.8) is 0 Å². The van der Waals surface area contributed by atoms with Crippen molar-refractivity contribution in [2.75, 3.05) is 0 Å². The number of rotatable bonds is 6. The fraction of sp³-hybridized carbons (Fsp3) is 0.357. The first-order valence-corrected chi connectivity index (χ1v) is 6.31. The second-order valence-corrected chi connectivity index (χ2v) is 4.50. The molecule has 20 heavy (non-hydrogen) atoms. The minimum atomic E-state index is -2.79. The summed E-state index contributed by atoms with van der Waals surface area (Å²) < 4.78 is 30.2. The SMILES string of the molecule is CC(NCc1ccc(OC(F)F)cc1)c1ccnn1C. The summed E-state index contributed by atoms with van der Waals surface area (Å²) in [6, 6.07) is 8.72. The van der Waals surface area contributed by atoms with Crippen molar-refractivity contribution in [2.24, 2.45) is 7.05 Å². The molecule has 2 aromatic rings. The third-order valence-electron chi connectivity index (χ3n) is 3.06. The lowest BCUT2D eigenvalue weighted by molar-refractivity contribution is -0.0498. The largest absolute Gasteiger partial charge is 0.435 e. The number of aromatic nitrogens is 2. The average molecular weight is 281 g/mol. The molecule has 4 nitrogen and oxygen atoms in total. The first-order chi connectivity index (χ1) is 9.56. The van der Waals surface area contributed by atoms with Crippen LogP contribution in [0.5, 0.6) is 5.75 Å². The van der Waals surface area contributed by atoms with E-state index < -0.39 is 6.61 Å². The van der Waals surface area contributed by atoms with Gasteiger partial charge in [0.15, 0.2) is 0 Å². The van der Waals surface area contributed by atoms with Gasteiger partial charge in [-0.05, 0) is 30.7 Å². The molecule has 0 amide bonds. The van der Waals surface area contributed by atoms with Gasteiger partial charge >= 0.3 is 6.61 Å². The number of hydrogen-bond donors (Lipinski definition) is 1. The van der Waals surface area contributed by atoms with Crippen LogP contribution in [0.2, 0.25) is 0 Å². The average Bonchev–Trinajstić information content (AvgIpc) is 2.83. The summed E-state index contributed by atoms with van der Waals surface area (Å²) in [6.45, 7) is -0.101. The van der Waals surface area contributed by atoms with Crippen LogP contribution in [0.1, 0.15) is 24.2 Å². The Hall–Kier alpha value is -1.95. The van der Waals surface area contributed by atoms with Crippen LogP contribution in [0.15, 0.2) is 36.5 Å². The molecule has 0 aliphatic heterocycles. The van der Waals surface area contributed by atoms with Gasteiger partial charge in [-0.25, -0.2) is 0 Å². The van der Waals surface area contributed by atoms with E-state index in [0.717, 1.165) is 11.3 Å². The third-order valence-corrected chi connectivity index (χ3v) is 3.06. The van der Waals surface area contributed by atoms with Gasteiger partial charge in [-0.1, -0.05) is 12.1 Å². The molecule has 2 rings (SSSR count). The van der Waals surface area contributed by atoms with Gasteiger partial charge in [-0.2, -0.15) is 13.9 Å². The van der Waals surface area contributed by atoms with Gasteiger partial charge in [0.25, 0.3) is 0 Å².